The minimum Gasteiger partial charge on any atom is -0.304 e. The van der Waals surface area contributed by atoms with E-state index >= 15 is 0 Å². The zero-order valence-electron chi connectivity index (χ0n) is 14.2. The maximum absolute atomic E-state index is 12.4. The molecule has 1 fully saturated rings. The van der Waals surface area contributed by atoms with Crippen LogP contribution < -0.4 is 5.32 Å². The molecule has 5 heteroatoms. The van der Waals surface area contributed by atoms with Crippen LogP contribution in [0.4, 0.5) is 0 Å². The molecule has 2 unspecified atom stereocenters. The molecule has 0 radical (unpaired) electrons. The summed E-state index contributed by atoms with van der Waals surface area (Å²) in [7, 11) is 2.09. The number of amides is 2. The van der Waals surface area contributed by atoms with Crippen LogP contribution in [0.15, 0.2) is 0 Å². The number of hydrogen-bond acceptors (Lipinski definition) is 4. The van der Waals surface area contributed by atoms with E-state index in [9.17, 15) is 9.59 Å². The summed E-state index contributed by atoms with van der Waals surface area (Å²) in [6.45, 7) is 10.0. The summed E-state index contributed by atoms with van der Waals surface area (Å²) < 4.78 is 0. The maximum atomic E-state index is 12.4. The van der Waals surface area contributed by atoms with Crippen LogP contribution in [-0.4, -0.2) is 59.9 Å². The number of carbonyl (C=O) groups excluding carboxylic acids is 2. The molecule has 0 aromatic carbocycles. The van der Waals surface area contributed by atoms with Crippen LogP contribution in [0.5, 0.6) is 0 Å². The van der Waals surface area contributed by atoms with Gasteiger partial charge in [0.15, 0.2) is 0 Å². The second-order valence-corrected chi connectivity index (χ2v) is 6.02. The maximum Gasteiger partial charge on any atom is 0.247 e. The van der Waals surface area contributed by atoms with Gasteiger partial charge in [0, 0.05) is 25.2 Å². The van der Waals surface area contributed by atoms with E-state index in [2.05, 4.69) is 31.1 Å². The number of hydrogen-bond donors (Lipinski definition) is 1. The Labute approximate surface area is 129 Å². The third kappa shape index (κ3) is 4.51. The van der Waals surface area contributed by atoms with Gasteiger partial charge < -0.3 is 10.2 Å². The van der Waals surface area contributed by atoms with Gasteiger partial charge in [0.05, 0.1) is 12.5 Å². The fourth-order valence-corrected chi connectivity index (χ4v) is 2.80. The topological polar surface area (TPSA) is 52.7 Å². The van der Waals surface area contributed by atoms with Crippen LogP contribution >= 0.6 is 0 Å². The summed E-state index contributed by atoms with van der Waals surface area (Å²) >= 11 is 0. The van der Waals surface area contributed by atoms with E-state index in [1.54, 1.807) is 0 Å². The van der Waals surface area contributed by atoms with Crippen molar-refractivity contribution >= 4 is 11.8 Å². The molecular formula is C16H31N3O2. The Kier molecular flexibility index (Phi) is 7.32. The van der Waals surface area contributed by atoms with Crippen LogP contribution in [0.2, 0.25) is 0 Å². The van der Waals surface area contributed by atoms with Gasteiger partial charge >= 0.3 is 0 Å². The molecule has 0 aromatic heterocycles. The van der Waals surface area contributed by atoms with Crippen molar-refractivity contribution in [3.05, 3.63) is 0 Å². The molecule has 1 aliphatic heterocycles. The van der Waals surface area contributed by atoms with Crippen molar-refractivity contribution in [2.75, 3.05) is 20.1 Å². The summed E-state index contributed by atoms with van der Waals surface area (Å²) in [5.41, 5.74) is 0. The number of carbonyl (C=O) groups is 2. The molecule has 2 atom stereocenters. The SMILES string of the molecule is CCC(C)N(C)CCNC1CC(=O)N(C(CC)CC)C1=O. The normalized spacial score (nSPS) is 20.9. The Bertz CT molecular complexity index is 355. The molecule has 5 nitrogen and oxygen atoms in total. The van der Waals surface area contributed by atoms with Gasteiger partial charge in [0.1, 0.15) is 0 Å². The predicted octanol–water partition coefficient (Wildman–Crippen LogP) is 1.62. The zero-order chi connectivity index (χ0) is 16.0. The zero-order valence-corrected chi connectivity index (χ0v) is 14.2. The Morgan fingerprint density at radius 3 is 2.38 bits per heavy atom. The van der Waals surface area contributed by atoms with Gasteiger partial charge in [-0.3, -0.25) is 14.5 Å². The minimum atomic E-state index is -0.330. The quantitative estimate of drug-likeness (QED) is 0.657. The highest BCUT2D eigenvalue weighted by atomic mass is 16.2. The van der Waals surface area contributed by atoms with E-state index in [-0.39, 0.29) is 23.9 Å². The molecule has 0 aromatic rings. The van der Waals surface area contributed by atoms with Gasteiger partial charge in [-0.15, -0.1) is 0 Å². The van der Waals surface area contributed by atoms with E-state index in [0.29, 0.717) is 12.5 Å². The van der Waals surface area contributed by atoms with Crippen molar-refractivity contribution in [3.8, 4) is 0 Å². The number of likely N-dealkylation sites (tertiary alicyclic amines) is 1. The highest BCUT2D eigenvalue weighted by Crippen LogP contribution is 2.20. The summed E-state index contributed by atoms with van der Waals surface area (Å²) in [5, 5.41) is 3.25. The summed E-state index contributed by atoms with van der Waals surface area (Å²) in [5.74, 6) is -0.0682. The van der Waals surface area contributed by atoms with Gasteiger partial charge in [0.25, 0.3) is 0 Å². The predicted molar refractivity (Wildman–Crippen MR) is 85.0 cm³/mol. The summed E-state index contributed by atoms with van der Waals surface area (Å²) in [4.78, 5) is 28.2. The van der Waals surface area contributed by atoms with E-state index < -0.39 is 0 Å². The van der Waals surface area contributed by atoms with Gasteiger partial charge in [-0.1, -0.05) is 20.8 Å². The molecule has 1 N–H and O–H groups in total. The first-order chi connectivity index (χ1) is 9.96. The third-order valence-electron chi connectivity index (χ3n) is 4.69. The fraction of sp³-hybridized carbons (Fsp3) is 0.875. The van der Waals surface area contributed by atoms with E-state index in [1.165, 1.54) is 4.90 Å². The van der Waals surface area contributed by atoms with Crippen molar-refractivity contribution in [3.63, 3.8) is 0 Å². The number of nitrogens with one attached hydrogen (secondary N) is 1. The molecule has 122 valence electrons. The molecule has 0 bridgehead atoms. The lowest BCUT2D eigenvalue weighted by Crippen LogP contribution is -2.45. The summed E-state index contributed by atoms with van der Waals surface area (Å²) in [6.07, 6.45) is 3.08. The lowest BCUT2D eigenvalue weighted by atomic mass is 10.1. The lowest BCUT2D eigenvalue weighted by Gasteiger charge is -2.25. The largest absolute Gasteiger partial charge is 0.304 e. The van der Waals surface area contributed by atoms with Crippen molar-refractivity contribution < 1.29 is 9.59 Å². The molecule has 0 saturated carbocycles. The van der Waals surface area contributed by atoms with Crippen LogP contribution in [0, 0.1) is 0 Å². The van der Waals surface area contributed by atoms with E-state index in [4.69, 9.17) is 0 Å². The van der Waals surface area contributed by atoms with Gasteiger partial charge in [-0.2, -0.15) is 0 Å². The highest BCUT2D eigenvalue weighted by Gasteiger charge is 2.40. The van der Waals surface area contributed by atoms with Crippen LogP contribution in [-0.2, 0) is 9.59 Å². The smallest absolute Gasteiger partial charge is 0.247 e. The van der Waals surface area contributed by atoms with E-state index in [1.807, 2.05) is 13.8 Å². The molecule has 2 amide bonds. The number of likely N-dealkylation sites (N-methyl/N-ethyl adjacent to an activating group) is 1. The fourth-order valence-electron chi connectivity index (χ4n) is 2.80. The van der Waals surface area contributed by atoms with Crippen molar-refractivity contribution in [2.45, 2.75) is 71.5 Å². The number of imide groups is 1. The van der Waals surface area contributed by atoms with Gasteiger partial charge in [-0.05, 0) is 33.2 Å². The first-order valence-corrected chi connectivity index (χ1v) is 8.25. The average Bonchev–Trinajstić information content (AvgIpc) is 2.75. The monoisotopic (exact) mass is 297 g/mol. The Balaban J connectivity index is 2.48. The first kappa shape index (κ1) is 18.1. The minimum absolute atomic E-state index is 0.0264. The van der Waals surface area contributed by atoms with Crippen molar-refractivity contribution in [1.82, 2.24) is 15.1 Å². The second kappa shape index (κ2) is 8.49. The van der Waals surface area contributed by atoms with Crippen molar-refractivity contribution in [1.29, 1.82) is 0 Å². The highest BCUT2D eigenvalue weighted by molar-refractivity contribution is 6.05. The van der Waals surface area contributed by atoms with E-state index in [0.717, 1.165) is 32.4 Å². The molecule has 0 aliphatic carbocycles. The number of rotatable bonds is 9. The molecule has 1 saturated heterocycles. The Hall–Kier alpha value is -0.940. The lowest BCUT2D eigenvalue weighted by molar-refractivity contribution is -0.141. The van der Waals surface area contributed by atoms with Crippen LogP contribution in [0.25, 0.3) is 0 Å². The first-order valence-electron chi connectivity index (χ1n) is 8.25. The molecular weight excluding hydrogens is 266 g/mol. The molecule has 1 heterocycles. The van der Waals surface area contributed by atoms with Crippen LogP contribution in [0.1, 0.15) is 53.4 Å². The van der Waals surface area contributed by atoms with Crippen LogP contribution in [0.3, 0.4) is 0 Å². The standard InChI is InChI=1S/C16H31N3O2/c1-6-12(4)18(5)10-9-17-14-11-15(20)19(16(14)21)13(7-2)8-3/h12-14,17H,6-11H2,1-5H3. The van der Waals surface area contributed by atoms with Crippen molar-refractivity contribution in [2.24, 2.45) is 0 Å². The second-order valence-electron chi connectivity index (χ2n) is 6.02. The molecule has 0 spiro atoms. The number of nitrogens with zero attached hydrogens (tertiary/aromatic N) is 2. The third-order valence-corrected chi connectivity index (χ3v) is 4.69. The average molecular weight is 297 g/mol. The Morgan fingerprint density at radius 2 is 1.86 bits per heavy atom. The van der Waals surface area contributed by atoms with Gasteiger partial charge in [-0.25, -0.2) is 0 Å². The Morgan fingerprint density at radius 1 is 1.24 bits per heavy atom. The van der Waals surface area contributed by atoms with Gasteiger partial charge in [0.2, 0.25) is 11.8 Å². The summed E-state index contributed by atoms with van der Waals surface area (Å²) in [6, 6.07) is 0.261. The molecule has 1 rings (SSSR count). The molecule has 21 heavy (non-hydrogen) atoms. The molecule has 1 aliphatic rings.